The second-order valence-corrected chi connectivity index (χ2v) is 3.22. The van der Waals surface area contributed by atoms with Gasteiger partial charge in [0.2, 0.25) is 0 Å². The molecule has 0 saturated heterocycles. The second-order valence-electron chi connectivity index (χ2n) is 3.22. The van der Waals surface area contributed by atoms with E-state index in [1.54, 1.807) is 24.3 Å². The molecule has 0 spiro atoms. The quantitative estimate of drug-likeness (QED) is 0.435. The first-order valence-corrected chi connectivity index (χ1v) is 4.57. The SMILES string of the molecule is COC(=O)/C=C1/c2ccccc2C(=O)N1O. The molecule has 1 aliphatic heterocycles. The molecule has 1 aromatic rings. The lowest BCUT2D eigenvalue weighted by Crippen LogP contribution is -2.18. The van der Waals surface area contributed by atoms with Crippen LogP contribution < -0.4 is 0 Å². The average molecular weight is 219 g/mol. The number of carbonyl (C=O) groups excluding carboxylic acids is 2. The molecule has 0 fully saturated rings. The van der Waals surface area contributed by atoms with Crippen LogP contribution >= 0.6 is 0 Å². The smallest absolute Gasteiger partial charge is 0.332 e. The number of hydroxylamine groups is 2. The number of fused-ring (bicyclic) bond motifs is 1. The van der Waals surface area contributed by atoms with Crippen molar-refractivity contribution in [1.29, 1.82) is 0 Å². The summed E-state index contributed by atoms with van der Waals surface area (Å²) in [4.78, 5) is 22.6. The summed E-state index contributed by atoms with van der Waals surface area (Å²) in [5, 5.41) is 9.98. The Balaban J connectivity index is 2.53. The monoisotopic (exact) mass is 219 g/mol. The minimum atomic E-state index is -0.626. The number of nitrogens with zero attached hydrogens (tertiary/aromatic N) is 1. The highest BCUT2D eigenvalue weighted by atomic mass is 16.5. The first-order chi connectivity index (χ1) is 7.65. The van der Waals surface area contributed by atoms with Crippen molar-refractivity contribution in [2.24, 2.45) is 0 Å². The van der Waals surface area contributed by atoms with Crippen molar-refractivity contribution in [1.82, 2.24) is 5.06 Å². The summed E-state index contributed by atoms with van der Waals surface area (Å²) < 4.78 is 4.45. The molecule has 1 amide bonds. The van der Waals surface area contributed by atoms with E-state index in [0.29, 0.717) is 16.2 Å². The van der Waals surface area contributed by atoms with Crippen LogP contribution in [-0.2, 0) is 9.53 Å². The van der Waals surface area contributed by atoms with Crippen LogP contribution in [0.5, 0.6) is 0 Å². The largest absolute Gasteiger partial charge is 0.466 e. The predicted molar refractivity (Wildman–Crippen MR) is 54.4 cm³/mol. The maximum atomic E-state index is 11.6. The molecule has 1 heterocycles. The number of methoxy groups -OCH3 is 1. The molecule has 0 saturated carbocycles. The van der Waals surface area contributed by atoms with Gasteiger partial charge < -0.3 is 4.74 Å². The number of hydrogen-bond acceptors (Lipinski definition) is 4. The van der Waals surface area contributed by atoms with Crippen molar-refractivity contribution >= 4 is 17.6 Å². The molecule has 2 rings (SSSR count). The zero-order valence-electron chi connectivity index (χ0n) is 8.51. The molecule has 1 N–H and O–H groups in total. The van der Waals surface area contributed by atoms with Crippen LogP contribution in [0.3, 0.4) is 0 Å². The van der Waals surface area contributed by atoms with Crippen LogP contribution in [0.25, 0.3) is 5.70 Å². The van der Waals surface area contributed by atoms with Gasteiger partial charge in [0, 0.05) is 5.56 Å². The zero-order chi connectivity index (χ0) is 11.7. The fourth-order valence-corrected chi connectivity index (χ4v) is 1.54. The molecule has 0 atom stereocenters. The molecule has 82 valence electrons. The number of hydrogen-bond donors (Lipinski definition) is 1. The molecular formula is C11H9NO4. The third kappa shape index (κ3) is 1.47. The Morgan fingerprint density at radius 1 is 1.38 bits per heavy atom. The standard InChI is InChI=1S/C11H9NO4/c1-16-10(13)6-9-7-4-2-3-5-8(7)11(14)12(9)15/h2-6,15H,1H3/b9-6-. The summed E-state index contributed by atoms with van der Waals surface area (Å²) >= 11 is 0. The zero-order valence-corrected chi connectivity index (χ0v) is 8.51. The van der Waals surface area contributed by atoms with E-state index in [4.69, 9.17) is 0 Å². The molecule has 5 heteroatoms. The van der Waals surface area contributed by atoms with E-state index in [9.17, 15) is 14.8 Å². The molecule has 16 heavy (non-hydrogen) atoms. The Hall–Kier alpha value is -2.14. The third-order valence-corrected chi connectivity index (χ3v) is 2.31. The summed E-state index contributed by atoms with van der Waals surface area (Å²) in [6.45, 7) is 0. The first kappa shape index (κ1) is 10.4. The minimum Gasteiger partial charge on any atom is -0.466 e. The fraction of sp³-hybridized carbons (Fsp3) is 0.0909. The highest BCUT2D eigenvalue weighted by Gasteiger charge is 2.31. The van der Waals surface area contributed by atoms with Gasteiger partial charge in [-0.05, 0) is 6.07 Å². The molecule has 0 unspecified atom stereocenters. The van der Waals surface area contributed by atoms with Crippen molar-refractivity contribution < 1.29 is 19.5 Å². The number of amides is 1. The van der Waals surface area contributed by atoms with Crippen LogP contribution in [0.4, 0.5) is 0 Å². The average Bonchev–Trinajstić information content (AvgIpc) is 2.55. The van der Waals surface area contributed by atoms with Gasteiger partial charge in [-0.15, -0.1) is 0 Å². The minimum absolute atomic E-state index is 0.132. The third-order valence-electron chi connectivity index (χ3n) is 2.31. The van der Waals surface area contributed by atoms with Gasteiger partial charge in [0.15, 0.2) is 0 Å². The summed E-state index contributed by atoms with van der Waals surface area (Å²) in [6, 6.07) is 6.64. The maximum Gasteiger partial charge on any atom is 0.332 e. The van der Waals surface area contributed by atoms with Crippen LogP contribution in [-0.4, -0.2) is 29.3 Å². The van der Waals surface area contributed by atoms with Gasteiger partial charge in [-0.3, -0.25) is 10.0 Å². The van der Waals surface area contributed by atoms with Gasteiger partial charge in [0.1, 0.15) is 0 Å². The van der Waals surface area contributed by atoms with Gasteiger partial charge >= 0.3 is 5.97 Å². The van der Waals surface area contributed by atoms with Gasteiger partial charge in [-0.25, -0.2) is 4.79 Å². The van der Waals surface area contributed by atoms with Crippen LogP contribution in [0.2, 0.25) is 0 Å². The molecule has 0 aromatic heterocycles. The molecule has 1 aromatic carbocycles. The molecule has 0 bridgehead atoms. The lowest BCUT2D eigenvalue weighted by Gasteiger charge is -2.07. The number of rotatable bonds is 1. The molecule has 0 aliphatic carbocycles. The van der Waals surface area contributed by atoms with Crippen molar-refractivity contribution in [2.75, 3.05) is 7.11 Å². The van der Waals surface area contributed by atoms with Crippen molar-refractivity contribution in [3.05, 3.63) is 41.5 Å². The highest BCUT2D eigenvalue weighted by molar-refractivity contribution is 6.10. The summed E-state index contributed by atoms with van der Waals surface area (Å²) in [7, 11) is 1.23. The Labute approximate surface area is 91.5 Å². The maximum absolute atomic E-state index is 11.6. The Bertz CT molecular complexity index is 493. The van der Waals surface area contributed by atoms with Gasteiger partial charge in [-0.1, -0.05) is 18.2 Å². The van der Waals surface area contributed by atoms with Crippen LogP contribution in [0.1, 0.15) is 15.9 Å². The van der Waals surface area contributed by atoms with E-state index >= 15 is 0 Å². The summed E-state index contributed by atoms with van der Waals surface area (Å²) in [6.07, 6.45) is 1.07. The van der Waals surface area contributed by atoms with Crippen molar-refractivity contribution in [3.63, 3.8) is 0 Å². The molecule has 1 aliphatic rings. The van der Waals surface area contributed by atoms with Crippen LogP contribution in [0, 0.1) is 0 Å². The van der Waals surface area contributed by atoms with E-state index in [0.717, 1.165) is 6.08 Å². The fourth-order valence-electron chi connectivity index (χ4n) is 1.54. The number of ether oxygens (including phenoxy) is 1. The van der Waals surface area contributed by atoms with Crippen molar-refractivity contribution in [2.45, 2.75) is 0 Å². The van der Waals surface area contributed by atoms with Gasteiger partial charge in [-0.2, -0.15) is 5.06 Å². The van der Waals surface area contributed by atoms with E-state index < -0.39 is 11.9 Å². The molecule has 5 nitrogen and oxygen atoms in total. The number of esters is 1. The van der Waals surface area contributed by atoms with Gasteiger partial charge in [0.05, 0.1) is 24.4 Å². The van der Waals surface area contributed by atoms with E-state index in [-0.39, 0.29) is 5.70 Å². The number of carbonyl (C=O) groups is 2. The van der Waals surface area contributed by atoms with E-state index in [1.807, 2.05) is 0 Å². The Morgan fingerprint density at radius 2 is 2.00 bits per heavy atom. The van der Waals surface area contributed by atoms with E-state index in [2.05, 4.69) is 4.74 Å². The lowest BCUT2D eigenvalue weighted by atomic mass is 10.1. The Morgan fingerprint density at radius 3 is 2.62 bits per heavy atom. The topological polar surface area (TPSA) is 66.8 Å². The summed E-state index contributed by atoms with van der Waals surface area (Å²) in [5.41, 5.74) is 1.01. The second kappa shape index (κ2) is 3.79. The Kier molecular flexibility index (Phi) is 2.46. The highest BCUT2D eigenvalue weighted by Crippen LogP contribution is 2.30. The van der Waals surface area contributed by atoms with E-state index in [1.165, 1.54) is 7.11 Å². The first-order valence-electron chi connectivity index (χ1n) is 4.57. The number of benzene rings is 1. The predicted octanol–water partition coefficient (Wildman–Crippen LogP) is 1.05. The van der Waals surface area contributed by atoms with Crippen molar-refractivity contribution in [3.8, 4) is 0 Å². The normalized spacial score (nSPS) is 16.5. The van der Waals surface area contributed by atoms with Gasteiger partial charge in [0.25, 0.3) is 5.91 Å². The summed E-state index contributed by atoms with van der Waals surface area (Å²) in [5.74, 6) is -1.18. The molecular weight excluding hydrogens is 210 g/mol. The molecule has 0 radical (unpaired) electrons. The van der Waals surface area contributed by atoms with Crippen LogP contribution in [0.15, 0.2) is 30.3 Å². The lowest BCUT2D eigenvalue weighted by molar-refractivity contribution is -0.134.